The first-order chi connectivity index (χ1) is 12.8. The molecule has 0 saturated carbocycles. The number of rotatable bonds is 5. The van der Waals surface area contributed by atoms with E-state index in [0.717, 1.165) is 9.80 Å². The van der Waals surface area contributed by atoms with E-state index in [9.17, 15) is 14.4 Å². The fourth-order valence-corrected chi connectivity index (χ4v) is 3.72. The van der Waals surface area contributed by atoms with Crippen molar-refractivity contribution in [1.29, 1.82) is 0 Å². The molecule has 1 atom stereocenters. The molecule has 0 spiro atoms. The Morgan fingerprint density at radius 2 is 1.96 bits per heavy atom. The fraction of sp³-hybridized carbons (Fsp3) is 0.211. The van der Waals surface area contributed by atoms with Crippen LogP contribution in [0.5, 0.6) is 0 Å². The van der Waals surface area contributed by atoms with Gasteiger partial charge >= 0.3 is 6.03 Å². The quantitative estimate of drug-likeness (QED) is 0.592. The number of carbonyl (C=O) groups is 3. The number of nitrogens with one attached hydrogen (secondary N) is 2. The lowest BCUT2D eigenvalue weighted by molar-refractivity contribution is -0.133. The Kier molecular flexibility index (Phi) is 5.43. The molecule has 4 amide bonds. The van der Waals surface area contributed by atoms with Gasteiger partial charge in [0.25, 0.3) is 5.91 Å². The summed E-state index contributed by atoms with van der Waals surface area (Å²) in [6.07, 6.45) is 1.93. The molecule has 2 N–H and O–H groups in total. The molecule has 0 aromatic heterocycles. The summed E-state index contributed by atoms with van der Waals surface area (Å²) in [5.74, 6) is -0.978. The molecule has 1 aliphatic rings. The van der Waals surface area contributed by atoms with Crippen molar-refractivity contribution < 1.29 is 14.4 Å². The van der Waals surface area contributed by atoms with E-state index < -0.39 is 23.4 Å². The first-order valence-corrected chi connectivity index (χ1v) is 9.78. The van der Waals surface area contributed by atoms with Crippen molar-refractivity contribution in [1.82, 2.24) is 10.2 Å². The summed E-state index contributed by atoms with van der Waals surface area (Å²) in [4.78, 5) is 39.5. The summed E-state index contributed by atoms with van der Waals surface area (Å²) in [6, 6.07) is 13.5. The zero-order chi connectivity index (χ0) is 19.6. The minimum atomic E-state index is -1.31. The molecule has 2 aromatic rings. The van der Waals surface area contributed by atoms with Crippen molar-refractivity contribution in [2.24, 2.45) is 0 Å². The number of nitrogens with zero attached hydrogens (tertiary/aromatic N) is 1. The van der Waals surface area contributed by atoms with Crippen molar-refractivity contribution in [3.05, 3.63) is 59.1 Å². The van der Waals surface area contributed by atoms with E-state index in [2.05, 4.69) is 10.6 Å². The molecule has 8 heteroatoms. The topological polar surface area (TPSA) is 78.5 Å². The van der Waals surface area contributed by atoms with Gasteiger partial charge in [0.1, 0.15) is 12.1 Å². The summed E-state index contributed by atoms with van der Waals surface area (Å²) in [7, 11) is 0. The van der Waals surface area contributed by atoms with Crippen LogP contribution in [0.15, 0.2) is 53.4 Å². The maximum absolute atomic E-state index is 12.9. The van der Waals surface area contributed by atoms with Crippen molar-refractivity contribution in [3.63, 3.8) is 0 Å². The highest BCUT2D eigenvalue weighted by Crippen LogP contribution is 2.33. The van der Waals surface area contributed by atoms with Gasteiger partial charge in [-0.3, -0.25) is 14.5 Å². The number of benzene rings is 2. The molecule has 1 fully saturated rings. The van der Waals surface area contributed by atoms with Crippen LogP contribution in [-0.2, 0) is 15.1 Å². The first kappa shape index (κ1) is 19.3. The summed E-state index contributed by atoms with van der Waals surface area (Å²) in [6.45, 7) is 1.20. The number of hydrogen-bond acceptors (Lipinski definition) is 4. The van der Waals surface area contributed by atoms with Crippen LogP contribution in [0, 0.1) is 0 Å². The Balaban J connectivity index is 1.75. The Morgan fingerprint density at radius 1 is 1.22 bits per heavy atom. The van der Waals surface area contributed by atoms with Crippen molar-refractivity contribution >= 4 is 46.9 Å². The van der Waals surface area contributed by atoms with Crippen LogP contribution in [-0.4, -0.2) is 35.5 Å². The normalized spacial score (nSPS) is 19.1. The molecule has 140 valence electrons. The SMILES string of the molecule is CSc1cccc(NC(=O)CN2C(=O)N[C@@](C)(c3ccccc3Cl)C2=O)c1. The number of thioether (sulfide) groups is 1. The zero-order valence-corrected chi connectivity index (χ0v) is 16.4. The monoisotopic (exact) mass is 403 g/mol. The first-order valence-electron chi connectivity index (χ1n) is 8.18. The standard InChI is InChI=1S/C19H18ClN3O3S/c1-19(14-8-3-4-9-15(14)20)17(25)23(18(26)22-19)11-16(24)21-12-6-5-7-13(10-12)27-2/h3-10H,11H2,1-2H3,(H,21,24)(H,22,26)/t19-/m0/s1. The van der Waals surface area contributed by atoms with Crippen LogP contribution in [0.1, 0.15) is 12.5 Å². The summed E-state index contributed by atoms with van der Waals surface area (Å²) < 4.78 is 0. The van der Waals surface area contributed by atoms with Crippen LogP contribution >= 0.6 is 23.4 Å². The average Bonchev–Trinajstić information content (AvgIpc) is 2.86. The largest absolute Gasteiger partial charge is 0.325 e. The second-order valence-electron chi connectivity index (χ2n) is 6.21. The maximum Gasteiger partial charge on any atom is 0.325 e. The smallest absolute Gasteiger partial charge is 0.324 e. The van der Waals surface area contributed by atoms with Gasteiger partial charge in [-0.2, -0.15) is 0 Å². The summed E-state index contributed by atoms with van der Waals surface area (Å²) in [5.41, 5.74) is -0.220. The molecule has 27 heavy (non-hydrogen) atoms. The predicted molar refractivity (Wildman–Crippen MR) is 106 cm³/mol. The van der Waals surface area contributed by atoms with Gasteiger partial charge in [0, 0.05) is 21.2 Å². The lowest BCUT2D eigenvalue weighted by atomic mass is 9.92. The zero-order valence-electron chi connectivity index (χ0n) is 14.8. The molecule has 1 aliphatic heterocycles. The van der Waals surface area contributed by atoms with E-state index in [-0.39, 0.29) is 6.54 Å². The molecule has 0 unspecified atom stereocenters. The number of carbonyl (C=O) groups excluding carboxylic acids is 3. The minimum absolute atomic E-state index is 0.369. The third-order valence-electron chi connectivity index (χ3n) is 4.34. The van der Waals surface area contributed by atoms with E-state index in [0.29, 0.717) is 16.3 Å². The second-order valence-corrected chi connectivity index (χ2v) is 7.49. The van der Waals surface area contributed by atoms with Gasteiger partial charge in [0.15, 0.2) is 0 Å². The van der Waals surface area contributed by atoms with E-state index in [1.54, 1.807) is 49.0 Å². The highest BCUT2D eigenvalue weighted by atomic mass is 35.5. The fourth-order valence-electron chi connectivity index (χ4n) is 2.93. The van der Waals surface area contributed by atoms with Gasteiger partial charge in [0.2, 0.25) is 5.91 Å². The number of hydrogen-bond donors (Lipinski definition) is 2. The number of anilines is 1. The number of halogens is 1. The summed E-state index contributed by atoms with van der Waals surface area (Å²) in [5, 5.41) is 5.72. The van der Waals surface area contributed by atoms with Gasteiger partial charge in [-0.05, 0) is 37.4 Å². The summed E-state index contributed by atoms with van der Waals surface area (Å²) >= 11 is 7.74. The molecule has 3 rings (SSSR count). The molecule has 0 aliphatic carbocycles. The third-order valence-corrected chi connectivity index (χ3v) is 5.40. The van der Waals surface area contributed by atoms with Gasteiger partial charge in [-0.25, -0.2) is 4.79 Å². The van der Waals surface area contributed by atoms with Crippen molar-refractivity contribution in [2.45, 2.75) is 17.4 Å². The van der Waals surface area contributed by atoms with E-state index in [4.69, 9.17) is 11.6 Å². The number of imide groups is 1. The van der Waals surface area contributed by atoms with Crippen LogP contribution in [0.4, 0.5) is 10.5 Å². The highest BCUT2D eigenvalue weighted by molar-refractivity contribution is 7.98. The molecule has 0 bridgehead atoms. The van der Waals surface area contributed by atoms with Crippen LogP contribution in [0.3, 0.4) is 0 Å². The second kappa shape index (κ2) is 7.62. The molecule has 6 nitrogen and oxygen atoms in total. The Labute approximate surface area is 166 Å². The van der Waals surface area contributed by atoms with Gasteiger partial charge in [-0.1, -0.05) is 35.9 Å². The lowest BCUT2D eigenvalue weighted by Crippen LogP contribution is -2.42. The molecule has 1 saturated heterocycles. The predicted octanol–water partition coefficient (Wildman–Crippen LogP) is 3.47. The Bertz CT molecular complexity index is 921. The van der Waals surface area contributed by atoms with Crippen LogP contribution in [0.25, 0.3) is 0 Å². The molecule has 2 aromatic carbocycles. The maximum atomic E-state index is 12.9. The van der Waals surface area contributed by atoms with Gasteiger partial charge in [0.05, 0.1) is 0 Å². The number of amides is 4. The van der Waals surface area contributed by atoms with Crippen molar-refractivity contribution in [2.75, 3.05) is 18.1 Å². The van der Waals surface area contributed by atoms with Gasteiger partial charge in [-0.15, -0.1) is 11.8 Å². The van der Waals surface area contributed by atoms with Crippen molar-refractivity contribution in [3.8, 4) is 0 Å². The molecular formula is C19H18ClN3O3S. The van der Waals surface area contributed by atoms with Crippen LogP contribution < -0.4 is 10.6 Å². The highest BCUT2D eigenvalue weighted by Gasteiger charge is 2.50. The Hall–Kier alpha value is -2.51. The third kappa shape index (κ3) is 3.79. The minimum Gasteiger partial charge on any atom is -0.324 e. The molecule has 0 radical (unpaired) electrons. The van der Waals surface area contributed by atoms with Crippen LogP contribution in [0.2, 0.25) is 5.02 Å². The molecule has 1 heterocycles. The van der Waals surface area contributed by atoms with Gasteiger partial charge < -0.3 is 10.6 Å². The number of urea groups is 1. The average molecular weight is 404 g/mol. The van der Waals surface area contributed by atoms with E-state index >= 15 is 0 Å². The molecular weight excluding hydrogens is 386 g/mol. The Morgan fingerprint density at radius 3 is 2.67 bits per heavy atom. The lowest BCUT2D eigenvalue weighted by Gasteiger charge is -2.23. The van der Waals surface area contributed by atoms with E-state index in [1.807, 2.05) is 24.5 Å². The van der Waals surface area contributed by atoms with E-state index in [1.165, 1.54) is 0 Å².